The second-order valence-electron chi connectivity index (χ2n) is 6.92. The van der Waals surface area contributed by atoms with Crippen molar-refractivity contribution in [1.82, 2.24) is 0 Å². The molecule has 1 amide bonds. The maximum absolute atomic E-state index is 11.7. The zero-order valence-electron chi connectivity index (χ0n) is 14.4. The third-order valence-corrected chi connectivity index (χ3v) is 5.46. The maximum Gasteiger partial charge on any atom is 0.223 e. The Morgan fingerprint density at radius 3 is 2.68 bits per heavy atom. The molecule has 0 fully saturated rings. The van der Waals surface area contributed by atoms with E-state index in [4.69, 9.17) is 0 Å². The number of aromatic hydroxyl groups is 1. The van der Waals surface area contributed by atoms with E-state index in [0.29, 0.717) is 11.8 Å². The molecule has 0 saturated heterocycles. The number of benzene rings is 2. The molecule has 0 bridgehead atoms. The number of phenols is 1. The minimum atomic E-state index is 0.0317. The largest absolute Gasteiger partial charge is 0.508 e. The Kier molecular flexibility index (Phi) is 3.75. The van der Waals surface area contributed by atoms with Crippen molar-refractivity contribution in [3.05, 3.63) is 65.7 Å². The fraction of sp³-hybridized carbons (Fsp3) is 0.286. The number of allylic oxidation sites excluding steroid dienone is 2. The van der Waals surface area contributed by atoms with Gasteiger partial charge in [-0.25, -0.2) is 0 Å². The summed E-state index contributed by atoms with van der Waals surface area (Å²) in [6.07, 6.45) is 5.56. The van der Waals surface area contributed by atoms with Crippen LogP contribution in [0.4, 0.5) is 11.4 Å². The summed E-state index contributed by atoms with van der Waals surface area (Å²) < 4.78 is 0. The van der Waals surface area contributed by atoms with Crippen molar-refractivity contribution in [3.63, 3.8) is 0 Å². The lowest BCUT2D eigenvalue weighted by Crippen LogP contribution is -2.29. The molecule has 1 aliphatic carbocycles. The number of hydrogen-bond acceptors (Lipinski definition) is 3. The molecular formula is C21H22N2O2. The fourth-order valence-electron chi connectivity index (χ4n) is 3.98. The molecule has 3 unspecified atom stereocenters. The Labute approximate surface area is 147 Å². The zero-order valence-corrected chi connectivity index (χ0v) is 14.4. The quantitative estimate of drug-likeness (QED) is 0.809. The topological polar surface area (TPSA) is 52.6 Å². The van der Waals surface area contributed by atoms with Gasteiger partial charge in [0.05, 0.1) is 6.04 Å². The third-order valence-electron chi connectivity index (χ3n) is 5.46. The number of hydrogen-bond donors (Lipinski definition) is 2. The smallest absolute Gasteiger partial charge is 0.223 e. The van der Waals surface area contributed by atoms with E-state index in [1.54, 1.807) is 24.0 Å². The minimum Gasteiger partial charge on any atom is -0.508 e. The molecule has 4 nitrogen and oxygen atoms in total. The highest BCUT2D eigenvalue weighted by Gasteiger charge is 2.38. The highest BCUT2D eigenvalue weighted by molar-refractivity contribution is 5.91. The monoisotopic (exact) mass is 334 g/mol. The number of amides is 1. The van der Waals surface area contributed by atoms with Gasteiger partial charge in [-0.05, 0) is 53.8 Å². The first-order valence-corrected chi connectivity index (χ1v) is 8.65. The van der Waals surface area contributed by atoms with E-state index in [-0.39, 0.29) is 17.7 Å². The van der Waals surface area contributed by atoms with Crippen LogP contribution in [0.2, 0.25) is 0 Å². The van der Waals surface area contributed by atoms with Gasteiger partial charge < -0.3 is 15.3 Å². The normalized spacial score (nSPS) is 23.5. The zero-order chi connectivity index (χ0) is 17.6. The van der Waals surface area contributed by atoms with Crippen molar-refractivity contribution >= 4 is 17.3 Å². The van der Waals surface area contributed by atoms with Crippen molar-refractivity contribution in [2.24, 2.45) is 5.92 Å². The highest BCUT2D eigenvalue weighted by atomic mass is 16.3. The van der Waals surface area contributed by atoms with Gasteiger partial charge in [0, 0.05) is 31.3 Å². The Morgan fingerprint density at radius 1 is 1.20 bits per heavy atom. The summed E-state index contributed by atoms with van der Waals surface area (Å²) in [5.41, 5.74) is 4.48. The molecule has 25 heavy (non-hydrogen) atoms. The first-order chi connectivity index (χ1) is 12.0. The molecule has 2 N–H and O–H groups in total. The molecule has 2 aromatic carbocycles. The molecule has 0 spiro atoms. The predicted molar refractivity (Wildman–Crippen MR) is 100.0 cm³/mol. The SMILES string of the molecule is CC(=O)N(C)c1ccc2c(c1)C1C=CCC1C(c1ccc(O)cc1)N2. The van der Waals surface area contributed by atoms with Crippen LogP contribution in [-0.4, -0.2) is 18.1 Å². The lowest BCUT2D eigenvalue weighted by atomic mass is 9.77. The molecule has 4 rings (SSSR count). The molecule has 1 aliphatic heterocycles. The van der Waals surface area contributed by atoms with E-state index in [1.165, 1.54) is 11.1 Å². The second kappa shape index (κ2) is 5.96. The summed E-state index contributed by atoms with van der Waals surface area (Å²) in [6.45, 7) is 1.58. The summed E-state index contributed by atoms with van der Waals surface area (Å²) in [5, 5.41) is 13.2. The van der Waals surface area contributed by atoms with Gasteiger partial charge in [0.1, 0.15) is 5.75 Å². The van der Waals surface area contributed by atoms with Crippen LogP contribution < -0.4 is 10.2 Å². The highest BCUT2D eigenvalue weighted by Crippen LogP contribution is 2.50. The number of fused-ring (bicyclic) bond motifs is 3. The molecule has 1 heterocycles. The molecular weight excluding hydrogens is 312 g/mol. The first kappa shape index (κ1) is 15.8. The molecule has 128 valence electrons. The van der Waals surface area contributed by atoms with E-state index in [9.17, 15) is 9.90 Å². The number of nitrogens with one attached hydrogen (secondary N) is 1. The molecule has 0 aromatic heterocycles. The van der Waals surface area contributed by atoms with Gasteiger partial charge in [0.15, 0.2) is 0 Å². The van der Waals surface area contributed by atoms with E-state index in [0.717, 1.165) is 17.8 Å². The summed E-state index contributed by atoms with van der Waals surface area (Å²) >= 11 is 0. The molecule has 0 saturated carbocycles. The van der Waals surface area contributed by atoms with Crippen LogP contribution in [0.1, 0.15) is 36.4 Å². The minimum absolute atomic E-state index is 0.0317. The van der Waals surface area contributed by atoms with Gasteiger partial charge in [0.25, 0.3) is 0 Å². The van der Waals surface area contributed by atoms with Gasteiger partial charge in [-0.15, -0.1) is 0 Å². The third kappa shape index (κ3) is 2.68. The lowest BCUT2D eigenvalue weighted by Gasteiger charge is -2.38. The van der Waals surface area contributed by atoms with Crippen molar-refractivity contribution < 1.29 is 9.90 Å². The van der Waals surface area contributed by atoms with Crippen molar-refractivity contribution in [1.29, 1.82) is 0 Å². The number of rotatable bonds is 2. The molecule has 2 aromatic rings. The van der Waals surface area contributed by atoms with Crippen LogP contribution in [0.3, 0.4) is 0 Å². The molecule has 3 atom stereocenters. The average molecular weight is 334 g/mol. The Balaban J connectivity index is 1.73. The summed E-state index contributed by atoms with van der Waals surface area (Å²) in [5.74, 6) is 1.10. The van der Waals surface area contributed by atoms with Crippen molar-refractivity contribution in [2.45, 2.75) is 25.3 Å². The fourth-order valence-corrected chi connectivity index (χ4v) is 3.98. The maximum atomic E-state index is 11.7. The van der Waals surface area contributed by atoms with Gasteiger partial charge in [-0.1, -0.05) is 24.3 Å². The predicted octanol–water partition coefficient (Wildman–Crippen LogP) is 4.20. The number of carbonyl (C=O) groups excluding carboxylic acids is 1. The van der Waals surface area contributed by atoms with E-state index >= 15 is 0 Å². The van der Waals surface area contributed by atoms with Crippen LogP contribution >= 0.6 is 0 Å². The average Bonchev–Trinajstić information content (AvgIpc) is 3.10. The van der Waals surface area contributed by atoms with Crippen LogP contribution in [0.5, 0.6) is 5.75 Å². The van der Waals surface area contributed by atoms with Gasteiger partial charge in [-0.2, -0.15) is 0 Å². The van der Waals surface area contributed by atoms with Gasteiger partial charge in [0.2, 0.25) is 5.91 Å². The van der Waals surface area contributed by atoms with Crippen molar-refractivity contribution in [2.75, 3.05) is 17.3 Å². The number of anilines is 2. The molecule has 2 aliphatic rings. The number of nitrogens with zero attached hydrogens (tertiary/aromatic N) is 1. The lowest BCUT2D eigenvalue weighted by molar-refractivity contribution is -0.116. The van der Waals surface area contributed by atoms with E-state index in [1.807, 2.05) is 25.2 Å². The van der Waals surface area contributed by atoms with E-state index < -0.39 is 0 Å². The van der Waals surface area contributed by atoms with E-state index in [2.05, 4.69) is 29.6 Å². The summed E-state index contributed by atoms with van der Waals surface area (Å²) in [6, 6.07) is 13.9. The Hall–Kier alpha value is -2.75. The van der Waals surface area contributed by atoms with Crippen LogP contribution in [-0.2, 0) is 4.79 Å². The van der Waals surface area contributed by atoms with Crippen LogP contribution in [0, 0.1) is 5.92 Å². The molecule has 0 radical (unpaired) electrons. The number of phenolic OH excluding ortho intramolecular Hbond substituents is 1. The summed E-state index contributed by atoms with van der Waals surface area (Å²) in [4.78, 5) is 13.4. The first-order valence-electron chi connectivity index (χ1n) is 8.65. The Bertz CT molecular complexity index is 841. The second-order valence-corrected chi connectivity index (χ2v) is 6.92. The standard InChI is InChI=1S/C21H22N2O2/c1-13(24)23(2)15-8-11-20-19(12-15)17-4-3-5-18(17)21(22-20)14-6-9-16(25)10-7-14/h3-4,6-12,17-18,21-22,25H,5H2,1-2H3. The van der Waals surface area contributed by atoms with Gasteiger partial charge >= 0.3 is 0 Å². The van der Waals surface area contributed by atoms with Crippen LogP contribution in [0.25, 0.3) is 0 Å². The van der Waals surface area contributed by atoms with Crippen molar-refractivity contribution in [3.8, 4) is 5.75 Å². The summed E-state index contributed by atoms with van der Waals surface area (Å²) in [7, 11) is 1.81. The molecule has 4 heteroatoms. The van der Waals surface area contributed by atoms with Gasteiger partial charge in [-0.3, -0.25) is 4.79 Å². The van der Waals surface area contributed by atoms with Crippen LogP contribution in [0.15, 0.2) is 54.6 Å². The number of carbonyl (C=O) groups is 1. The Morgan fingerprint density at radius 2 is 1.96 bits per heavy atom.